The zero-order chi connectivity index (χ0) is 78.6. The summed E-state index contributed by atoms with van der Waals surface area (Å²) < 4.78 is 415. The van der Waals surface area contributed by atoms with E-state index in [-0.39, 0.29) is 4.90 Å². The van der Waals surface area contributed by atoms with E-state index in [4.69, 9.17) is 38.4 Å². The van der Waals surface area contributed by atoms with Gasteiger partial charge in [0.1, 0.15) is 0 Å². The molecule has 0 amide bonds. The lowest BCUT2D eigenvalue weighted by Gasteiger charge is -2.30. The molecule has 0 atom stereocenters. The molecule has 9 aromatic rings. The smallest absolute Gasteiger partial charge is 0.0648 e. The van der Waals surface area contributed by atoms with Crippen LogP contribution in [0.3, 0.4) is 0 Å². The van der Waals surface area contributed by atoms with Gasteiger partial charge in [0.15, 0.2) is 0 Å². The van der Waals surface area contributed by atoms with Crippen molar-refractivity contribution in [3.63, 3.8) is 0 Å². The molecule has 0 saturated heterocycles. The van der Waals surface area contributed by atoms with Crippen LogP contribution in [0.15, 0.2) is 199 Å². The van der Waals surface area contributed by atoms with Gasteiger partial charge in [-0.1, -0.05) is 191 Å². The SMILES string of the molecule is [2H]c1c([2H])c([2H])c(-c2c([2H])c([2H])c(-c3c(-c4c([2H])c([2H])c(N(c5c([2H])c([2H])c6c(c5[2H])C(C([2H])([2H])[2H])(C([2H])([2H])[2H])c5c([2H])c([2H])c([2H])c([2H])c5-6)c5c([2H])c([2H])c6c(c5[2H])C(C([2H])([2H])[2H])(C([2H])([2H])[2H])c5c([2H])c([2H])c([2H])c([2H])c5-6)c([2H])c4[2H])c([2H])c([2H])c4c([2H])c([2H])c([2H])c([2H])c34)c([2H])c2[2H])c([2H])c1[2H]. The van der Waals surface area contributed by atoms with Gasteiger partial charge in [-0.3, -0.25) is 0 Å². The van der Waals surface area contributed by atoms with Gasteiger partial charge in [0.2, 0.25) is 0 Å². The van der Waals surface area contributed by atoms with Gasteiger partial charge in [0.25, 0.3) is 0 Å². The van der Waals surface area contributed by atoms with E-state index in [1.54, 1.807) is 0 Å². The normalized spacial score (nSPS) is 25.7. The van der Waals surface area contributed by atoms with Gasteiger partial charge in [-0.05, 0) is 125 Å². The number of rotatable bonds is 6. The highest BCUT2D eigenvalue weighted by Gasteiger charge is 2.37. The van der Waals surface area contributed by atoms with Gasteiger partial charge in [-0.2, -0.15) is 0 Å². The molecule has 0 N–H and O–H groups in total. The number of nitrogens with zero attached hydrogens (tertiary/aromatic N) is 1. The van der Waals surface area contributed by atoms with Gasteiger partial charge in [0, 0.05) is 44.3 Å². The second-order valence-corrected chi connectivity index (χ2v) is 13.0. The van der Waals surface area contributed by atoms with Crippen LogP contribution in [-0.2, 0) is 10.8 Å². The number of anilines is 3. The summed E-state index contributed by atoms with van der Waals surface area (Å²) in [6.45, 7) is -16.9. The van der Waals surface area contributed by atoms with Gasteiger partial charge < -0.3 is 4.90 Å². The lowest BCUT2D eigenvalue weighted by atomic mass is 9.82. The molecule has 2 aliphatic rings. The molecule has 1 heteroatoms. The van der Waals surface area contributed by atoms with Crippen LogP contribution in [0.2, 0.25) is 0 Å². The van der Waals surface area contributed by atoms with Crippen LogP contribution < -0.4 is 4.90 Å². The molecule has 0 spiro atoms. The molecule has 0 fully saturated rings. The second-order valence-electron chi connectivity index (χ2n) is 13.0. The maximum atomic E-state index is 10.3. The van der Waals surface area contributed by atoms with Gasteiger partial charge in [0.05, 0.1) is 45.2 Å². The molecule has 59 heavy (non-hydrogen) atoms. The Morgan fingerprint density at radius 3 is 1.42 bits per heavy atom. The van der Waals surface area contributed by atoms with Crippen molar-refractivity contribution in [2.24, 2.45) is 0 Å². The molecule has 0 aromatic heterocycles. The van der Waals surface area contributed by atoms with Crippen molar-refractivity contribution in [1.82, 2.24) is 0 Å². The third-order valence-corrected chi connectivity index (χ3v) is 9.63. The van der Waals surface area contributed by atoms with Crippen LogP contribution in [0.25, 0.3) is 66.4 Å². The van der Waals surface area contributed by atoms with E-state index in [1.807, 2.05) is 0 Å². The summed E-state index contributed by atoms with van der Waals surface area (Å²) in [5.74, 6) is 0. The molecule has 0 heterocycles. The Morgan fingerprint density at radius 2 is 0.814 bits per heavy atom. The summed E-state index contributed by atoms with van der Waals surface area (Å²) in [6, 6.07) is -44.4. The first-order valence-corrected chi connectivity index (χ1v) is 17.2. The molecule has 2 aliphatic carbocycles. The number of hydrogen-bond donors (Lipinski definition) is 0. The Kier molecular flexibility index (Phi) is 2.67. The van der Waals surface area contributed by atoms with E-state index in [0.29, 0.717) is 0 Å². The summed E-state index contributed by atoms with van der Waals surface area (Å²) in [5, 5.41) is -1.94. The van der Waals surface area contributed by atoms with E-state index in [9.17, 15) is 23.3 Å². The minimum atomic E-state index is -4.22. The van der Waals surface area contributed by atoms with Crippen molar-refractivity contribution in [2.45, 2.75) is 38.2 Å². The standard InChI is InChI=1S/C58H45N/c1-57(2)52-20-12-10-18-48(52)50-34-31-44(36-54(50)57)59(45-32-35-51-49-19-11-13-21-53(49)58(3,4)55(51)37-45)43-29-26-41(27-30-43)47-33-28-40-16-8-9-17-46(40)56(47)42-24-22-39(23-25-42)38-14-6-5-7-15-38/h5-37H,1-4H3/i1D3,2D3,3D3,4D3,5D,6D,7D,8D,9D,10D,11D,12D,13D,14D,15D,16D,17D,18D,19D,20D,21D,22D,23D,24D,25D,26D,27D,28D,29D,30D,31D,32D,33D,34D,35D,36D,37D. The Labute approximate surface area is 411 Å². The average molecular weight is 801 g/mol. The topological polar surface area (TPSA) is 3.24 Å². The number of hydrogen-bond acceptors (Lipinski definition) is 1. The summed E-state index contributed by atoms with van der Waals surface area (Å²) >= 11 is 0. The van der Waals surface area contributed by atoms with Crippen LogP contribution in [0.5, 0.6) is 0 Å². The maximum Gasteiger partial charge on any atom is 0.0648 e. The fourth-order valence-corrected chi connectivity index (χ4v) is 6.93. The van der Waals surface area contributed by atoms with Crippen molar-refractivity contribution in [2.75, 3.05) is 4.90 Å². The van der Waals surface area contributed by atoms with E-state index in [2.05, 4.69) is 0 Å². The Hall–Kier alpha value is -6.96. The molecule has 9 aromatic carbocycles. The van der Waals surface area contributed by atoms with Crippen LogP contribution in [0, 0.1) is 0 Å². The Balaban J connectivity index is 1.40. The van der Waals surface area contributed by atoms with Crippen molar-refractivity contribution >= 4 is 27.8 Å². The highest BCUT2D eigenvalue weighted by molar-refractivity contribution is 6.04. The first kappa shape index (κ1) is 11.8. The largest absolute Gasteiger partial charge is 0.310 e. The first-order chi connectivity index (χ1) is 47.5. The third-order valence-electron chi connectivity index (χ3n) is 9.63. The maximum absolute atomic E-state index is 10.3. The van der Waals surface area contributed by atoms with E-state index in [0.717, 1.165) is 0 Å². The molecule has 0 unspecified atom stereocenters. The Bertz CT molecular complexity index is 5190. The summed E-state index contributed by atoms with van der Waals surface area (Å²) in [4.78, 5) is -0.0877. The third kappa shape index (κ3) is 5.53. The predicted molar refractivity (Wildman–Crippen MR) is 250 cm³/mol. The van der Waals surface area contributed by atoms with E-state index >= 15 is 0 Å². The van der Waals surface area contributed by atoms with Crippen LogP contribution in [0.4, 0.5) is 17.1 Å². The minimum Gasteiger partial charge on any atom is -0.310 e. The molecular formula is C58H45N. The highest BCUT2D eigenvalue weighted by Crippen LogP contribution is 2.53. The highest BCUT2D eigenvalue weighted by atomic mass is 15.1. The molecule has 0 aliphatic heterocycles. The lowest BCUT2D eigenvalue weighted by molar-refractivity contribution is 0.660. The molecule has 282 valence electrons. The summed E-state index contributed by atoms with van der Waals surface area (Å²) in [7, 11) is 0. The fraction of sp³-hybridized carbons (Fsp3) is 0.103. The monoisotopic (exact) mass is 801 g/mol. The summed E-state index contributed by atoms with van der Waals surface area (Å²) in [5.41, 5.74) is -30.1. The van der Waals surface area contributed by atoms with E-state index < -0.39 is 343 Å². The first-order valence-electron chi connectivity index (χ1n) is 39.7. The number of fused-ring (bicyclic) bond motifs is 7. The van der Waals surface area contributed by atoms with Crippen molar-refractivity contribution in [3.05, 3.63) is 222 Å². The predicted octanol–water partition coefficient (Wildman–Crippen LogP) is 15.9. The molecule has 0 radical (unpaired) electrons. The lowest BCUT2D eigenvalue weighted by Crippen LogP contribution is -2.18. The molecular weight excluding hydrogens is 711 g/mol. The molecule has 0 bridgehead atoms. The van der Waals surface area contributed by atoms with Crippen LogP contribution in [-0.4, -0.2) is 0 Å². The van der Waals surface area contributed by atoms with Crippen LogP contribution in [0.1, 0.15) is 111 Å². The Morgan fingerprint density at radius 1 is 0.356 bits per heavy atom. The summed E-state index contributed by atoms with van der Waals surface area (Å²) in [6.07, 6.45) is 0. The average Bonchev–Trinajstić information content (AvgIpc) is 1.49. The van der Waals surface area contributed by atoms with Gasteiger partial charge >= 0.3 is 0 Å². The zero-order valence-corrected chi connectivity index (χ0v) is 29.4. The van der Waals surface area contributed by atoms with Gasteiger partial charge in [-0.15, -0.1) is 0 Å². The van der Waals surface area contributed by atoms with Gasteiger partial charge in [-0.25, -0.2) is 0 Å². The fourth-order valence-electron chi connectivity index (χ4n) is 6.93. The van der Waals surface area contributed by atoms with Crippen molar-refractivity contribution < 1.29 is 61.7 Å². The molecule has 0 saturated carbocycles. The van der Waals surface area contributed by atoms with E-state index in [1.165, 1.54) is 0 Å². The second kappa shape index (κ2) is 13.3. The molecule has 11 rings (SSSR count). The quantitative estimate of drug-likeness (QED) is 0.162. The minimum absolute atomic E-state index is 0.0877. The van der Waals surface area contributed by atoms with Crippen LogP contribution >= 0.6 is 0 Å². The number of benzene rings is 9. The van der Waals surface area contributed by atoms with Crippen molar-refractivity contribution in [3.8, 4) is 55.6 Å². The zero-order valence-electron chi connectivity index (χ0n) is 74.4. The molecule has 1 nitrogen and oxygen atoms in total. The van der Waals surface area contributed by atoms with Crippen molar-refractivity contribution in [1.29, 1.82) is 0 Å².